The quantitative estimate of drug-likeness (QED) is 0.759. The van der Waals surface area contributed by atoms with E-state index in [0.29, 0.717) is 12.8 Å². The Morgan fingerprint density at radius 2 is 1.83 bits per heavy atom. The van der Waals surface area contributed by atoms with Crippen LogP contribution in [0.3, 0.4) is 0 Å². The molecule has 0 heterocycles. The van der Waals surface area contributed by atoms with Crippen molar-refractivity contribution in [3.8, 4) is 0 Å². The number of hydrogen-bond donors (Lipinski definition) is 3. The average Bonchev–Trinajstić information content (AvgIpc) is 3.33. The van der Waals surface area contributed by atoms with Gasteiger partial charge in [-0.25, -0.2) is 0 Å². The molecule has 1 fully saturated rings. The molecule has 0 saturated heterocycles. The van der Waals surface area contributed by atoms with Crippen LogP contribution in [0.5, 0.6) is 0 Å². The molecule has 1 saturated carbocycles. The molecule has 4 N–H and O–H groups in total. The molecule has 5 nitrogen and oxygen atoms in total. The normalized spacial score (nSPS) is 22.5. The van der Waals surface area contributed by atoms with Gasteiger partial charge >= 0.3 is 11.9 Å². The average molecular weight is 313 g/mol. The fourth-order valence-corrected chi connectivity index (χ4v) is 3.23. The highest BCUT2D eigenvalue weighted by Crippen LogP contribution is 2.47. The van der Waals surface area contributed by atoms with Crippen molar-refractivity contribution in [3.05, 3.63) is 48.0 Å². The fraction of sp³-hybridized carbons (Fsp3) is 0.333. The van der Waals surface area contributed by atoms with Crippen molar-refractivity contribution >= 4 is 22.7 Å². The third kappa shape index (κ3) is 2.92. The van der Waals surface area contributed by atoms with Gasteiger partial charge in [-0.05, 0) is 35.6 Å². The first-order chi connectivity index (χ1) is 10.9. The van der Waals surface area contributed by atoms with E-state index >= 15 is 0 Å². The summed E-state index contributed by atoms with van der Waals surface area (Å²) in [4.78, 5) is 22.6. The van der Waals surface area contributed by atoms with E-state index in [9.17, 15) is 14.7 Å². The van der Waals surface area contributed by atoms with Gasteiger partial charge in [-0.15, -0.1) is 0 Å². The minimum atomic E-state index is -1.48. The Hall–Kier alpha value is -2.40. The van der Waals surface area contributed by atoms with Crippen LogP contribution in [0, 0.1) is 11.8 Å². The lowest BCUT2D eigenvalue weighted by molar-refractivity contribution is -0.145. The zero-order valence-corrected chi connectivity index (χ0v) is 12.6. The Morgan fingerprint density at radius 1 is 1.13 bits per heavy atom. The largest absolute Gasteiger partial charge is 0.481 e. The van der Waals surface area contributed by atoms with Gasteiger partial charge in [0.1, 0.15) is 5.54 Å². The topological polar surface area (TPSA) is 101 Å². The maximum absolute atomic E-state index is 11.6. The SMILES string of the molecule is NC(CCc1ccc2ccccc2c1)(C(=O)O)C1CC1C(=O)O. The van der Waals surface area contributed by atoms with E-state index in [1.165, 1.54) is 0 Å². The molecule has 3 rings (SSSR count). The molecule has 120 valence electrons. The summed E-state index contributed by atoms with van der Waals surface area (Å²) in [6.45, 7) is 0. The Morgan fingerprint density at radius 3 is 2.43 bits per heavy atom. The monoisotopic (exact) mass is 313 g/mol. The van der Waals surface area contributed by atoms with Gasteiger partial charge in [0.2, 0.25) is 0 Å². The Bertz CT molecular complexity index is 772. The van der Waals surface area contributed by atoms with Crippen molar-refractivity contribution in [2.45, 2.75) is 24.8 Å². The first kappa shape index (κ1) is 15.5. The summed E-state index contributed by atoms with van der Waals surface area (Å²) in [5.74, 6) is -3.20. The van der Waals surface area contributed by atoms with Crippen LogP contribution in [0.1, 0.15) is 18.4 Å². The third-order valence-electron chi connectivity index (χ3n) is 4.81. The number of carbonyl (C=O) groups is 2. The van der Waals surface area contributed by atoms with E-state index in [1.54, 1.807) is 0 Å². The summed E-state index contributed by atoms with van der Waals surface area (Å²) in [5, 5.41) is 20.7. The lowest BCUT2D eigenvalue weighted by Gasteiger charge is -2.25. The van der Waals surface area contributed by atoms with Crippen LogP contribution in [0.4, 0.5) is 0 Å². The van der Waals surface area contributed by atoms with Crippen LogP contribution in [0.15, 0.2) is 42.5 Å². The molecular weight excluding hydrogens is 294 g/mol. The second-order valence-electron chi connectivity index (χ2n) is 6.31. The van der Waals surface area contributed by atoms with Gasteiger partial charge in [0.15, 0.2) is 0 Å². The molecule has 5 heteroatoms. The summed E-state index contributed by atoms with van der Waals surface area (Å²) >= 11 is 0. The van der Waals surface area contributed by atoms with Gasteiger partial charge in [-0.2, -0.15) is 0 Å². The zero-order valence-electron chi connectivity index (χ0n) is 12.6. The molecule has 1 aliphatic carbocycles. The number of rotatable bonds is 6. The van der Waals surface area contributed by atoms with Gasteiger partial charge in [-0.1, -0.05) is 42.5 Å². The molecule has 0 spiro atoms. The molecule has 0 aromatic heterocycles. The number of nitrogens with two attached hydrogens (primary N) is 1. The lowest BCUT2D eigenvalue weighted by Crippen LogP contribution is -2.51. The van der Waals surface area contributed by atoms with Crippen LogP contribution >= 0.6 is 0 Å². The van der Waals surface area contributed by atoms with Gasteiger partial charge in [0.25, 0.3) is 0 Å². The van der Waals surface area contributed by atoms with Crippen molar-refractivity contribution in [2.75, 3.05) is 0 Å². The maximum atomic E-state index is 11.6. The minimum absolute atomic E-state index is 0.231. The van der Waals surface area contributed by atoms with Gasteiger partial charge in [0, 0.05) is 5.92 Å². The number of benzene rings is 2. The highest BCUT2D eigenvalue weighted by molar-refractivity contribution is 5.84. The molecule has 3 unspecified atom stereocenters. The molecule has 0 amide bonds. The summed E-state index contributed by atoms with van der Waals surface area (Å²) in [7, 11) is 0. The van der Waals surface area contributed by atoms with E-state index in [0.717, 1.165) is 16.3 Å². The Kier molecular flexibility index (Phi) is 3.82. The molecule has 0 aliphatic heterocycles. The highest BCUT2D eigenvalue weighted by Gasteiger charge is 2.57. The van der Waals surface area contributed by atoms with E-state index in [2.05, 4.69) is 0 Å². The van der Waals surface area contributed by atoms with Crippen LogP contribution < -0.4 is 5.73 Å². The third-order valence-corrected chi connectivity index (χ3v) is 4.81. The zero-order chi connectivity index (χ0) is 16.6. The van der Waals surface area contributed by atoms with Gasteiger partial charge in [-0.3, -0.25) is 9.59 Å². The number of hydrogen-bond acceptors (Lipinski definition) is 3. The number of carboxylic acid groups (broad SMARTS) is 2. The summed E-state index contributed by atoms with van der Waals surface area (Å²) in [5.41, 5.74) is 5.60. The van der Waals surface area contributed by atoms with E-state index in [1.807, 2.05) is 42.5 Å². The number of aryl methyl sites for hydroxylation is 1. The summed E-state index contributed by atoms with van der Waals surface area (Å²) in [6, 6.07) is 13.9. The second-order valence-corrected chi connectivity index (χ2v) is 6.31. The van der Waals surface area contributed by atoms with Crippen molar-refractivity contribution in [1.82, 2.24) is 0 Å². The molecule has 23 heavy (non-hydrogen) atoms. The van der Waals surface area contributed by atoms with E-state index < -0.39 is 29.3 Å². The standard InChI is InChI=1S/C18H19NO4/c19-18(17(22)23,15-10-14(15)16(20)21)8-7-11-5-6-12-3-1-2-4-13(12)9-11/h1-6,9,14-15H,7-8,10,19H2,(H,20,21)(H,22,23). The second kappa shape index (κ2) is 5.66. The van der Waals surface area contributed by atoms with Gasteiger partial charge in [0.05, 0.1) is 5.92 Å². The minimum Gasteiger partial charge on any atom is -0.481 e. The first-order valence-electron chi connectivity index (χ1n) is 7.64. The van der Waals surface area contributed by atoms with Crippen molar-refractivity contribution in [1.29, 1.82) is 0 Å². The summed E-state index contributed by atoms with van der Waals surface area (Å²) in [6.07, 6.45) is 1.08. The number of fused-ring (bicyclic) bond motifs is 1. The Balaban J connectivity index is 1.76. The number of aliphatic carboxylic acids is 2. The van der Waals surface area contributed by atoms with Crippen LogP contribution in [-0.2, 0) is 16.0 Å². The fourth-order valence-electron chi connectivity index (χ4n) is 3.23. The van der Waals surface area contributed by atoms with E-state index in [4.69, 9.17) is 10.8 Å². The first-order valence-corrected chi connectivity index (χ1v) is 7.64. The number of carboxylic acids is 2. The predicted octanol–water partition coefficient (Wildman–Crippen LogP) is 2.28. The van der Waals surface area contributed by atoms with Crippen LogP contribution in [0.25, 0.3) is 10.8 Å². The van der Waals surface area contributed by atoms with Crippen molar-refractivity contribution in [3.63, 3.8) is 0 Å². The molecular formula is C18H19NO4. The molecule has 0 radical (unpaired) electrons. The van der Waals surface area contributed by atoms with Crippen molar-refractivity contribution < 1.29 is 19.8 Å². The molecule has 0 bridgehead atoms. The molecule has 2 aromatic carbocycles. The maximum Gasteiger partial charge on any atom is 0.324 e. The summed E-state index contributed by atoms with van der Waals surface area (Å²) < 4.78 is 0. The lowest BCUT2D eigenvalue weighted by atomic mass is 9.86. The molecule has 1 aliphatic rings. The molecule has 2 aromatic rings. The smallest absolute Gasteiger partial charge is 0.324 e. The van der Waals surface area contributed by atoms with Crippen molar-refractivity contribution in [2.24, 2.45) is 17.6 Å². The molecule has 3 atom stereocenters. The Labute approximate surface area is 133 Å². The van der Waals surface area contributed by atoms with Crippen LogP contribution in [-0.4, -0.2) is 27.7 Å². The van der Waals surface area contributed by atoms with E-state index in [-0.39, 0.29) is 6.42 Å². The van der Waals surface area contributed by atoms with Gasteiger partial charge < -0.3 is 15.9 Å². The van der Waals surface area contributed by atoms with Crippen LogP contribution in [0.2, 0.25) is 0 Å². The predicted molar refractivity (Wildman–Crippen MR) is 86.1 cm³/mol. The highest BCUT2D eigenvalue weighted by atomic mass is 16.4.